The Morgan fingerprint density at radius 3 is 2.56 bits per heavy atom. The summed E-state index contributed by atoms with van der Waals surface area (Å²) in [6, 6.07) is 10.5. The number of benzene rings is 1. The number of halogens is 1. The van der Waals surface area contributed by atoms with E-state index in [1.165, 1.54) is 0 Å². The van der Waals surface area contributed by atoms with E-state index in [1.54, 1.807) is 30.3 Å². The van der Waals surface area contributed by atoms with Crippen molar-refractivity contribution in [3.05, 3.63) is 41.6 Å². The lowest BCUT2D eigenvalue weighted by molar-refractivity contribution is 0.192. The second-order valence-corrected chi connectivity index (χ2v) is 4.10. The number of rotatable bonds is 2. The third-order valence-corrected chi connectivity index (χ3v) is 2.99. The molecule has 1 heterocycles. The predicted molar refractivity (Wildman–Crippen MR) is 68.4 cm³/mol. The molecule has 2 rings (SSSR count). The molecule has 0 amide bonds. The molecule has 0 unspecified atom stereocenters. The maximum absolute atomic E-state index is 11.0. The Balaban J connectivity index is 2.44. The van der Waals surface area contributed by atoms with Crippen LogP contribution < -0.4 is 0 Å². The van der Waals surface area contributed by atoms with Crippen LogP contribution in [0.1, 0.15) is 11.3 Å². The lowest BCUT2D eigenvalue weighted by Crippen LogP contribution is -2.12. The molecule has 1 N–H and O–H groups in total. The first-order valence-corrected chi connectivity index (χ1v) is 6.16. The molecule has 0 aliphatic carbocycles. The molecule has 0 aliphatic heterocycles. The van der Waals surface area contributed by atoms with Crippen LogP contribution in [-0.2, 0) is 5.33 Å². The zero-order chi connectivity index (χ0) is 13.1. The summed E-state index contributed by atoms with van der Waals surface area (Å²) in [6.45, 7) is 0. The Labute approximate surface area is 111 Å². The van der Waals surface area contributed by atoms with Crippen molar-refractivity contribution in [2.45, 2.75) is 5.33 Å². The van der Waals surface area contributed by atoms with Crippen molar-refractivity contribution in [3.8, 4) is 17.3 Å². The number of alkyl halides is 1. The zero-order valence-corrected chi connectivity index (χ0v) is 10.8. The second-order valence-electron chi connectivity index (χ2n) is 3.54. The van der Waals surface area contributed by atoms with E-state index in [-0.39, 0.29) is 0 Å². The quantitative estimate of drug-likeness (QED) is 0.865. The molecule has 0 spiro atoms. The number of aromatic nitrogens is 2. The number of nitriles is 1. The molecule has 0 saturated carbocycles. The average molecular weight is 306 g/mol. The maximum atomic E-state index is 11.0. The minimum Gasteiger partial charge on any atom is -0.463 e. The highest BCUT2D eigenvalue weighted by atomic mass is 79.9. The first kappa shape index (κ1) is 12.3. The minimum absolute atomic E-state index is 0.405. The fourth-order valence-corrected chi connectivity index (χ4v) is 1.94. The van der Waals surface area contributed by atoms with Crippen molar-refractivity contribution in [1.82, 2.24) is 9.78 Å². The maximum Gasteiger partial charge on any atom is 0.432 e. The number of hydrogen-bond acceptors (Lipinski definition) is 3. The van der Waals surface area contributed by atoms with Gasteiger partial charge in [0, 0.05) is 10.9 Å². The van der Waals surface area contributed by atoms with E-state index in [2.05, 4.69) is 21.0 Å². The van der Waals surface area contributed by atoms with Gasteiger partial charge in [-0.1, -0.05) is 28.1 Å². The topological polar surface area (TPSA) is 78.9 Å². The van der Waals surface area contributed by atoms with Crippen LogP contribution in [0.3, 0.4) is 0 Å². The van der Waals surface area contributed by atoms with Crippen molar-refractivity contribution in [1.29, 1.82) is 5.26 Å². The Hall–Kier alpha value is -2.13. The monoisotopic (exact) mass is 305 g/mol. The molecule has 0 fully saturated rings. The van der Waals surface area contributed by atoms with Gasteiger partial charge in [0.25, 0.3) is 0 Å². The van der Waals surface area contributed by atoms with Crippen molar-refractivity contribution in [2.75, 3.05) is 0 Å². The van der Waals surface area contributed by atoms with Crippen LogP contribution in [-0.4, -0.2) is 21.0 Å². The fourth-order valence-electron chi connectivity index (χ4n) is 1.54. The molecule has 0 aliphatic rings. The SMILES string of the molecule is N#Cc1ccc(-c2cc(CBr)n(C(=O)O)n2)cc1. The first-order chi connectivity index (χ1) is 8.65. The van der Waals surface area contributed by atoms with E-state index in [0.29, 0.717) is 22.3 Å². The number of carbonyl (C=O) groups is 1. The smallest absolute Gasteiger partial charge is 0.432 e. The van der Waals surface area contributed by atoms with Crippen LogP contribution in [0.2, 0.25) is 0 Å². The normalized spacial score (nSPS) is 10.0. The fraction of sp³-hybridized carbons (Fsp3) is 0.0833. The molecule has 0 bridgehead atoms. The van der Waals surface area contributed by atoms with Crippen molar-refractivity contribution >= 4 is 22.0 Å². The van der Waals surface area contributed by atoms with Gasteiger partial charge in [0.2, 0.25) is 0 Å². The lowest BCUT2D eigenvalue weighted by atomic mass is 10.1. The Morgan fingerprint density at radius 1 is 1.44 bits per heavy atom. The molecule has 6 heteroatoms. The number of nitrogens with zero attached hydrogens (tertiary/aromatic N) is 3. The van der Waals surface area contributed by atoms with Crippen LogP contribution in [0, 0.1) is 11.3 Å². The van der Waals surface area contributed by atoms with Crippen molar-refractivity contribution in [3.63, 3.8) is 0 Å². The molecule has 1 aromatic heterocycles. The molecule has 1 aromatic carbocycles. The summed E-state index contributed by atoms with van der Waals surface area (Å²) >= 11 is 3.22. The molecule has 2 aromatic rings. The third kappa shape index (κ3) is 2.26. The van der Waals surface area contributed by atoms with Crippen LogP contribution in [0.25, 0.3) is 11.3 Å². The van der Waals surface area contributed by atoms with Gasteiger partial charge in [0.1, 0.15) is 0 Å². The van der Waals surface area contributed by atoms with Crippen molar-refractivity contribution in [2.24, 2.45) is 0 Å². The molecule has 5 nitrogen and oxygen atoms in total. The average Bonchev–Trinajstić information content (AvgIpc) is 2.83. The predicted octanol–water partition coefficient (Wildman–Crippen LogP) is 2.84. The third-order valence-electron chi connectivity index (χ3n) is 2.41. The first-order valence-electron chi connectivity index (χ1n) is 5.04. The van der Waals surface area contributed by atoms with Gasteiger partial charge in [-0.15, -0.1) is 0 Å². The molecular weight excluding hydrogens is 298 g/mol. The van der Waals surface area contributed by atoms with E-state index < -0.39 is 6.09 Å². The highest BCUT2D eigenvalue weighted by Crippen LogP contribution is 2.20. The largest absolute Gasteiger partial charge is 0.463 e. The summed E-state index contributed by atoms with van der Waals surface area (Å²) in [5.74, 6) is 0. The summed E-state index contributed by atoms with van der Waals surface area (Å²) in [7, 11) is 0. The Bertz CT molecular complexity index is 626. The van der Waals surface area contributed by atoms with Gasteiger partial charge in [-0.3, -0.25) is 0 Å². The molecule has 0 atom stereocenters. The number of carboxylic acid groups (broad SMARTS) is 1. The summed E-state index contributed by atoms with van der Waals surface area (Å²) < 4.78 is 0.933. The molecule has 0 saturated heterocycles. The van der Waals surface area contributed by atoms with E-state index in [9.17, 15) is 4.79 Å². The standard InChI is InChI=1S/C12H8BrN3O2/c13-6-10-5-11(15-16(10)12(17)18)9-3-1-8(7-14)2-4-9/h1-5H,6H2,(H,17,18). The van der Waals surface area contributed by atoms with Gasteiger partial charge < -0.3 is 5.11 Å². The van der Waals surface area contributed by atoms with E-state index >= 15 is 0 Å². The Kier molecular flexibility index (Phi) is 3.44. The molecule has 0 radical (unpaired) electrons. The summed E-state index contributed by atoms with van der Waals surface area (Å²) in [6.07, 6.45) is -1.12. The van der Waals surface area contributed by atoms with E-state index in [4.69, 9.17) is 10.4 Å². The second kappa shape index (κ2) is 5.02. The van der Waals surface area contributed by atoms with Crippen LogP contribution in [0.5, 0.6) is 0 Å². The van der Waals surface area contributed by atoms with Gasteiger partial charge in [0.05, 0.1) is 23.0 Å². The van der Waals surface area contributed by atoms with Gasteiger partial charge in [-0.25, -0.2) is 4.79 Å². The van der Waals surface area contributed by atoms with Crippen LogP contribution in [0.15, 0.2) is 30.3 Å². The number of hydrogen-bond donors (Lipinski definition) is 1. The molecular formula is C12H8BrN3O2. The van der Waals surface area contributed by atoms with Crippen LogP contribution >= 0.6 is 15.9 Å². The summed E-state index contributed by atoms with van der Waals surface area (Å²) in [5, 5.41) is 22.1. The van der Waals surface area contributed by atoms with Gasteiger partial charge >= 0.3 is 6.09 Å². The van der Waals surface area contributed by atoms with Gasteiger partial charge in [-0.05, 0) is 18.2 Å². The Morgan fingerprint density at radius 2 is 2.11 bits per heavy atom. The minimum atomic E-state index is -1.12. The zero-order valence-electron chi connectivity index (χ0n) is 9.17. The summed E-state index contributed by atoms with van der Waals surface area (Å²) in [5.41, 5.74) is 2.45. The highest BCUT2D eigenvalue weighted by molar-refractivity contribution is 9.08. The molecule has 18 heavy (non-hydrogen) atoms. The van der Waals surface area contributed by atoms with Gasteiger partial charge in [-0.2, -0.15) is 15.0 Å². The summed E-state index contributed by atoms with van der Waals surface area (Å²) in [4.78, 5) is 11.0. The lowest BCUT2D eigenvalue weighted by Gasteiger charge is -1.96. The van der Waals surface area contributed by atoms with E-state index in [1.807, 2.05) is 6.07 Å². The molecule has 90 valence electrons. The highest BCUT2D eigenvalue weighted by Gasteiger charge is 2.13. The van der Waals surface area contributed by atoms with Crippen molar-refractivity contribution < 1.29 is 9.90 Å². The van der Waals surface area contributed by atoms with E-state index in [0.717, 1.165) is 10.2 Å². The van der Waals surface area contributed by atoms with Gasteiger partial charge in [0.15, 0.2) is 0 Å². The van der Waals surface area contributed by atoms with Crippen LogP contribution in [0.4, 0.5) is 4.79 Å².